The highest BCUT2D eigenvalue weighted by atomic mass is 28.4. The molecule has 0 unspecified atom stereocenters. The topological polar surface area (TPSA) is 97.1 Å². The Morgan fingerprint density at radius 3 is 2.65 bits per heavy atom. The first kappa shape index (κ1) is 20.6. The van der Waals surface area contributed by atoms with Crippen LogP contribution in [0.3, 0.4) is 0 Å². The summed E-state index contributed by atoms with van der Waals surface area (Å²) < 4.78 is 13.8. The standard InChI is InChI=1S/C18H29N3O4Si/c1-12-10-21(17(23)20-16(12)22)15-9-13(7-8-19)14(25-15)11-24-26(5,6)18(2,3)4/h10,13-15H,7,9,11H2,1-6H3,(H,20,22,23)/t13-,14+,15+/m0/s1. The van der Waals surface area contributed by atoms with Crippen LogP contribution in [0.5, 0.6) is 0 Å². The van der Waals surface area contributed by atoms with Gasteiger partial charge in [-0.05, 0) is 31.5 Å². The Bertz CT molecular complexity index is 800. The van der Waals surface area contributed by atoms with Gasteiger partial charge in [-0.25, -0.2) is 4.79 Å². The van der Waals surface area contributed by atoms with Crippen LogP contribution in [0.25, 0.3) is 0 Å². The van der Waals surface area contributed by atoms with Crippen molar-refractivity contribution in [3.63, 3.8) is 0 Å². The number of aromatic amines is 1. The molecule has 1 saturated heterocycles. The van der Waals surface area contributed by atoms with Gasteiger partial charge >= 0.3 is 5.69 Å². The summed E-state index contributed by atoms with van der Waals surface area (Å²) in [4.78, 5) is 26.0. The van der Waals surface area contributed by atoms with Crippen molar-refractivity contribution in [2.45, 2.75) is 71.0 Å². The highest BCUT2D eigenvalue weighted by molar-refractivity contribution is 6.74. The molecule has 1 aliphatic heterocycles. The number of H-pyrrole nitrogens is 1. The van der Waals surface area contributed by atoms with Crippen LogP contribution in [0, 0.1) is 24.2 Å². The first-order chi connectivity index (χ1) is 12.0. The zero-order valence-corrected chi connectivity index (χ0v) is 17.5. The van der Waals surface area contributed by atoms with Crippen molar-refractivity contribution < 1.29 is 9.16 Å². The third-order valence-electron chi connectivity index (χ3n) is 5.59. The molecule has 0 saturated carbocycles. The average molecular weight is 380 g/mol. The molecular weight excluding hydrogens is 350 g/mol. The minimum Gasteiger partial charge on any atom is -0.414 e. The van der Waals surface area contributed by atoms with Crippen molar-refractivity contribution in [2.24, 2.45) is 5.92 Å². The molecule has 0 radical (unpaired) electrons. The number of rotatable bonds is 5. The summed E-state index contributed by atoms with van der Waals surface area (Å²) >= 11 is 0. The van der Waals surface area contributed by atoms with E-state index in [1.165, 1.54) is 10.8 Å². The van der Waals surface area contributed by atoms with E-state index in [-0.39, 0.29) is 17.1 Å². The van der Waals surface area contributed by atoms with Gasteiger partial charge in [0.15, 0.2) is 8.32 Å². The number of aromatic nitrogens is 2. The van der Waals surface area contributed by atoms with Crippen molar-refractivity contribution >= 4 is 8.32 Å². The molecule has 2 heterocycles. The van der Waals surface area contributed by atoms with E-state index < -0.39 is 25.8 Å². The van der Waals surface area contributed by atoms with Gasteiger partial charge in [0.25, 0.3) is 5.56 Å². The fraction of sp³-hybridized carbons (Fsp3) is 0.722. The summed E-state index contributed by atoms with van der Waals surface area (Å²) in [6.07, 6.45) is 1.67. The SMILES string of the molecule is Cc1cn([C@H]2C[C@H](CC#N)[C@@H](CO[Si](C)(C)C(C)(C)C)O2)c(=O)[nH]c1=O. The summed E-state index contributed by atoms with van der Waals surface area (Å²) in [6, 6.07) is 2.20. The van der Waals surface area contributed by atoms with E-state index in [4.69, 9.17) is 14.4 Å². The molecule has 144 valence electrons. The maximum atomic E-state index is 12.1. The van der Waals surface area contributed by atoms with Gasteiger partial charge in [0.1, 0.15) is 6.23 Å². The van der Waals surface area contributed by atoms with Crippen LogP contribution in [0.1, 0.15) is 45.4 Å². The zero-order valence-electron chi connectivity index (χ0n) is 16.5. The monoisotopic (exact) mass is 379 g/mol. The van der Waals surface area contributed by atoms with Crippen molar-refractivity contribution in [2.75, 3.05) is 6.61 Å². The molecule has 1 aromatic heterocycles. The Morgan fingerprint density at radius 2 is 2.08 bits per heavy atom. The van der Waals surface area contributed by atoms with E-state index >= 15 is 0 Å². The Balaban J connectivity index is 2.19. The highest BCUT2D eigenvalue weighted by Crippen LogP contribution is 2.39. The van der Waals surface area contributed by atoms with Crippen LogP contribution in [0.4, 0.5) is 0 Å². The predicted molar refractivity (Wildman–Crippen MR) is 101 cm³/mol. The molecule has 1 aromatic rings. The third kappa shape index (κ3) is 4.34. The van der Waals surface area contributed by atoms with Crippen molar-refractivity contribution in [3.8, 4) is 6.07 Å². The molecule has 1 fully saturated rings. The smallest absolute Gasteiger partial charge is 0.330 e. The van der Waals surface area contributed by atoms with E-state index in [0.29, 0.717) is 25.0 Å². The molecule has 1 N–H and O–H groups in total. The maximum Gasteiger partial charge on any atom is 0.330 e. The second kappa shape index (κ2) is 7.51. The molecule has 0 aromatic carbocycles. The minimum absolute atomic E-state index is 0.00565. The summed E-state index contributed by atoms with van der Waals surface area (Å²) in [5, 5.41) is 9.23. The first-order valence-electron chi connectivity index (χ1n) is 8.94. The Labute approximate surface area is 155 Å². The van der Waals surface area contributed by atoms with Crippen LogP contribution >= 0.6 is 0 Å². The van der Waals surface area contributed by atoms with Crippen molar-refractivity contribution in [1.82, 2.24) is 9.55 Å². The number of hydrogen-bond acceptors (Lipinski definition) is 5. The lowest BCUT2D eigenvalue weighted by atomic mass is 9.98. The molecule has 3 atom stereocenters. The van der Waals surface area contributed by atoms with Crippen LogP contribution in [0.15, 0.2) is 15.8 Å². The summed E-state index contributed by atoms with van der Waals surface area (Å²) in [5.74, 6) is -0.00565. The molecule has 0 spiro atoms. The van der Waals surface area contributed by atoms with E-state index in [1.54, 1.807) is 6.92 Å². The molecule has 0 aliphatic carbocycles. The van der Waals surface area contributed by atoms with Gasteiger partial charge in [0.05, 0.1) is 18.8 Å². The van der Waals surface area contributed by atoms with Crippen LogP contribution in [0.2, 0.25) is 18.1 Å². The summed E-state index contributed by atoms with van der Waals surface area (Å²) in [5.41, 5.74) is -0.436. The first-order valence-corrected chi connectivity index (χ1v) is 11.9. The second-order valence-electron chi connectivity index (χ2n) is 8.54. The van der Waals surface area contributed by atoms with Gasteiger partial charge in [0, 0.05) is 24.1 Å². The Kier molecular flexibility index (Phi) is 5.95. The van der Waals surface area contributed by atoms with Crippen LogP contribution in [-0.4, -0.2) is 30.6 Å². The molecule has 26 heavy (non-hydrogen) atoms. The number of nitrogens with zero attached hydrogens (tertiary/aromatic N) is 2. The fourth-order valence-electron chi connectivity index (χ4n) is 2.77. The van der Waals surface area contributed by atoms with Crippen molar-refractivity contribution in [1.29, 1.82) is 5.26 Å². The maximum absolute atomic E-state index is 12.1. The average Bonchev–Trinajstić information content (AvgIpc) is 2.91. The van der Waals surface area contributed by atoms with Gasteiger partial charge < -0.3 is 9.16 Å². The van der Waals surface area contributed by atoms with E-state index in [0.717, 1.165) is 0 Å². The van der Waals surface area contributed by atoms with Gasteiger partial charge in [-0.1, -0.05) is 20.8 Å². The minimum atomic E-state index is -1.93. The van der Waals surface area contributed by atoms with Gasteiger partial charge in [-0.3, -0.25) is 14.3 Å². The third-order valence-corrected chi connectivity index (χ3v) is 10.1. The van der Waals surface area contributed by atoms with Gasteiger partial charge in [-0.15, -0.1) is 0 Å². The summed E-state index contributed by atoms with van der Waals surface area (Å²) in [7, 11) is -1.93. The number of hydrogen-bond donors (Lipinski definition) is 1. The quantitative estimate of drug-likeness (QED) is 0.793. The van der Waals surface area contributed by atoms with Gasteiger partial charge in [-0.2, -0.15) is 5.26 Å². The van der Waals surface area contributed by atoms with Crippen LogP contribution in [-0.2, 0) is 9.16 Å². The Hall–Kier alpha value is -1.69. The number of ether oxygens (including phenoxy) is 1. The lowest BCUT2D eigenvalue weighted by Crippen LogP contribution is -2.43. The second-order valence-corrected chi connectivity index (χ2v) is 13.3. The Morgan fingerprint density at radius 1 is 1.42 bits per heavy atom. The normalized spacial score (nSPS) is 23.8. The molecule has 8 heteroatoms. The summed E-state index contributed by atoms with van der Waals surface area (Å²) in [6.45, 7) is 12.9. The lowest BCUT2D eigenvalue weighted by molar-refractivity contribution is -0.0297. The van der Waals surface area contributed by atoms with E-state index in [1.807, 2.05) is 0 Å². The van der Waals surface area contributed by atoms with E-state index in [2.05, 4.69) is 44.9 Å². The highest BCUT2D eigenvalue weighted by Gasteiger charge is 2.41. The lowest BCUT2D eigenvalue weighted by Gasteiger charge is -2.37. The zero-order chi connectivity index (χ0) is 19.7. The van der Waals surface area contributed by atoms with Gasteiger partial charge in [0.2, 0.25) is 0 Å². The largest absolute Gasteiger partial charge is 0.414 e. The van der Waals surface area contributed by atoms with E-state index in [9.17, 15) is 9.59 Å². The molecule has 0 bridgehead atoms. The number of nitrogens with one attached hydrogen (secondary N) is 1. The number of aryl methyl sites for hydroxylation is 1. The van der Waals surface area contributed by atoms with Crippen LogP contribution < -0.4 is 11.2 Å². The molecule has 1 aliphatic rings. The molecular formula is C18H29N3O4Si. The van der Waals surface area contributed by atoms with Crippen molar-refractivity contribution in [3.05, 3.63) is 32.6 Å². The molecule has 0 amide bonds. The molecule has 7 nitrogen and oxygen atoms in total. The molecule has 2 rings (SSSR count). The number of nitriles is 1. The predicted octanol–water partition coefficient (Wildman–Crippen LogP) is 2.68. The fourth-order valence-corrected chi connectivity index (χ4v) is 3.79.